The summed E-state index contributed by atoms with van der Waals surface area (Å²) in [5.74, 6) is -0.921. The van der Waals surface area contributed by atoms with Crippen molar-refractivity contribution in [1.29, 1.82) is 0 Å². The molecule has 0 spiro atoms. The molecule has 0 aliphatic carbocycles. The lowest BCUT2D eigenvalue weighted by Crippen LogP contribution is -2.37. The van der Waals surface area contributed by atoms with Crippen molar-refractivity contribution in [3.63, 3.8) is 0 Å². The van der Waals surface area contributed by atoms with Gasteiger partial charge in [-0.2, -0.15) is 0 Å². The van der Waals surface area contributed by atoms with E-state index < -0.39 is 11.9 Å². The van der Waals surface area contributed by atoms with E-state index >= 15 is 0 Å². The van der Waals surface area contributed by atoms with Gasteiger partial charge in [0.15, 0.2) is 0 Å². The van der Waals surface area contributed by atoms with Crippen molar-refractivity contribution in [2.75, 3.05) is 23.8 Å². The van der Waals surface area contributed by atoms with Crippen LogP contribution in [0.2, 0.25) is 5.02 Å². The Balaban J connectivity index is 1.50. The molecule has 0 fully saturated rings. The van der Waals surface area contributed by atoms with Crippen LogP contribution in [-0.4, -0.2) is 30.6 Å². The van der Waals surface area contributed by atoms with Gasteiger partial charge in [0.1, 0.15) is 12.4 Å². The standard InChI is InChI=1S/C24H22ClFN4O3/c1-30-12-10-21(29-24(32)33-14-16-5-2-3-11-27-16)17-6-4-7-18(22(17)30)23(31)28-15-8-9-20(26)19(25)13-15/h2-9,11,13,21H,10,12,14H2,1H3,(H,28,31)(H,29,32). The van der Waals surface area contributed by atoms with Gasteiger partial charge in [-0.05, 0) is 48.4 Å². The number of rotatable bonds is 5. The molecule has 1 aromatic heterocycles. The number of carbonyl (C=O) groups excluding carboxylic acids is 2. The number of amides is 2. The fraction of sp³-hybridized carbons (Fsp3) is 0.208. The van der Waals surface area contributed by atoms with Crippen molar-refractivity contribution in [1.82, 2.24) is 10.3 Å². The number of fused-ring (bicyclic) bond motifs is 1. The van der Waals surface area contributed by atoms with Crippen LogP contribution < -0.4 is 15.5 Å². The second-order valence-electron chi connectivity index (χ2n) is 7.63. The number of hydrogen-bond acceptors (Lipinski definition) is 5. The van der Waals surface area contributed by atoms with E-state index in [1.54, 1.807) is 30.5 Å². The summed E-state index contributed by atoms with van der Waals surface area (Å²) in [7, 11) is 1.89. The number of aromatic nitrogens is 1. The Bertz CT molecular complexity index is 1180. The fourth-order valence-electron chi connectivity index (χ4n) is 3.77. The number of nitrogens with one attached hydrogen (secondary N) is 2. The Kier molecular flexibility index (Phi) is 6.74. The number of nitrogens with zero attached hydrogens (tertiary/aromatic N) is 2. The van der Waals surface area contributed by atoms with Gasteiger partial charge in [0, 0.05) is 25.5 Å². The molecular weight excluding hydrogens is 447 g/mol. The Morgan fingerprint density at radius 2 is 2.06 bits per heavy atom. The summed E-state index contributed by atoms with van der Waals surface area (Å²) in [6.07, 6.45) is 1.73. The molecule has 0 saturated carbocycles. The second-order valence-corrected chi connectivity index (χ2v) is 8.04. The first-order valence-electron chi connectivity index (χ1n) is 10.4. The van der Waals surface area contributed by atoms with E-state index in [4.69, 9.17) is 16.3 Å². The lowest BCUT2D eigenvalue weighted by Gasteiger charge is -2.34. The Labute approximate surface area is 195 Å². The van der Waals surface area contributed by atoms with Crippen molar-refractivity contribution in [3.05, 3.63) is 88.5 Å². The van der Waals surface area contributed by atoms with Crippen LogP contribution in [0, 0.1) is 5.82 Å². The van der Waals surface area contributed by atoms with E-state index in [2.05, 4.69) is 15.6 Å². The Hall–Kier alpha value is -3.65. The molecule has 1 aliphatic rings. The highest BCUT2D eigenvalue weighted by atomic mass is 35.5. The van der Waals surface area contributed by atoms with Gasteiger partial charge in [-0.25, -0.2) is 9.18 Å². The van der Waals surface area contributed by atoms with Crippen LogP contribution in [0.5, 0.6) is 0 Å². The third-order valence-electron chi connectivity index (χ3n) is 5.37. The van der Waals surface area contributed by atoms with Gasteiger partial charge in [0.25, 0.3) is 5.91 Å². The molecule has 4 rings (SSSR count). The zero-order chi connectivity index (χ0) is 23.4. The Morgan fingerprint density at radius 1 is 1.21 bits per heavy atom. The summed E-state index contributed by atoms with van der Waals surface area (Å²) < 4.78 is 18.7. The number of para-hydroxylation sites is 1. The molecule has 170 valence electrons. The maximum absolute atomic E-state index is 13.4. The quantitative estimate of drug-likeness (QED) is 0.554. The Morgan fingerprint density at radius 3 is 2.82 bits per heavy atom. The molecule has 0 bridgehead atoms. The molecule has 7 nitrogen and oxygen atoms in total. The van der Waals surface area contributed by atoms with Gasteiger partial charge < -0.3 is 20.3 Å². The second kappa shape index (κ2) is 9.87. The third-order valence-corrected chi connectivity index (χ3v) is 5.66. The van der Waals surface area contributed by atoms with E-state index in [1.165, 1.54) is 18.2 Å². The highest BCUT2D eigenvalue weighted by molar-refractivity contribution is 6.31. The van der Waals surface area contributed by atoms with Crippen LogP contribution in [0.3, 0.4) is 0 Å². The molecule has 1 atom stereocenters. The third kappa shape index (κ3) is 5.23. The van der Waals surface area contributed by atoms with E-state index in [9.17, 15) is 14.0 Å². The summed E-state index contributed by atoms with van der Waals surface area (Å²) in [6, 6.07) is 14.4. The number of pyridine rings is 1. The first-order chi connectivity index (χ1) is 15.9. The molecule has 33 heavy (non-hydrogen) atoms. The van der Waals surface area contributed by atoms with Gasteiger partial charge in [-0.3, -0.25) is 9.78 Å². The molecule has 1 unspecified atom stereocenters. The predicted molar refractivity (Wildman–Crippen MR) is 124 cm³/mol. The summed E-state index contributed by atoms with van der Waals surface area (Å²) in [5, 5.41) is 5.57. The number of ether oxygens (including phenoxy) is 1. The van der Waals surface area contributed by atoms with Crippen LogP contribution in [0.1, 0.15) is 34.1 Å². The highest BCUT2D eigenvalue weighted by Gasteiger charge is 2.29. The summed E-state index contributed by atoms with van der Waals surface area (Å²) in [5.41, 5.74) is 2.99. The molecule has 2 N–H and O–H groups in total. The topological polar surface area (TPSA) is 83.6 Å². The molecular formula is C24H22ClFN4O3. The zero-order valence-electron chi connectivity index (χ0n) is 17.8. The molecule has 2 amide bonds. The van der Waals surface area contributed by atoms with Crippen molar-refractivity contribution < 1.29 is 18.7 Å². The lowest BCUT2D eigenvalue weighted by atomic mass is 9.93. The molecule has 2 aromatic carbocycles. The van der Waals surface area contributed by atoms with Crippen LogP contribution in [0.4, 0.5) is 20.6 Å². The van der Waals surface area contributed by atoms with Gasteiger partial charge in [0.2, 0.25) is 0 Å². The van der Waals surface area contributed by atoms with E-state index in [0.717, 1.165) is 5.56 Å². The smallest absolute Gasteiger partial charge is 0.408 e. The summed E-state index contributed by atoms with van der Waals surface area (Å²) in [6.45, 7) is 0.694. The number of benzene rings is 2. The predicted octanol–water partition coefficient (Wildman–Crippen LogP) is 4.93. The fourth-order valence-corrected chi connectivity index (χ4v) is 3.95. The minimum absolute atomic E-state index is 0.0643. The maximum atomic E-state index is 13.4. The van der Waals surface area contributed by atoms with Crippen molar-refractivity contribution in [2.45, 2.75) is 19.1 Å². The van der Waals surface area contributed by atoms with E-state index in [1.807, 2.05) is 24.1 Å². The van der Waals surface area contributed by atoms with E-state index in [0.29, 0.717) is 35.6 Å². The number of anilines is 2. The summed E-state index contributed by atoms with van der Waals surface area (Å²) in [4.78, 5) is 31.5. The molecule has 0 radical (unpaired) electrons. The van der Waals surface area contributed by atoms with Gasteiger partial charge in [0.05, 0.1) is 28.0 Å². The first-order valence-corrected chi connectivity index (χ1v) is 10.7. The number of carbonyl (C=O) groups is 2. The van der Waals surface area contributed by atoms with Gasteiger partial charge in [-0.1, -0.05) is 29.8 Å². The lowest BCUT2D eigenvalue weighted by molar-refractivity contribution is 0.102. The van der Waals surface area contributed by atoms with Crippen LogP contribution in [-0.2, 0) is 11.3 Å². The average Bonchev–Trinajstić information content (AvgIpc) is 2.82. The summed E-state index contributed by atoms with van der Waals surface area (Å²) >= 11 is 5.82. The SMILES string of the molecule is CN1CCC(NC(=O)OCc2ccccn2)c2cccc(C(=O)Nc3ccc(F)c(Cl)c3)c21. The number of hydrogen-bond donors (Lipinski definition) is 2. The largest absolute Gasteiger partial charge is 0.443 e. The van der Waals surface area contributed by atoms with Crippen molar-refractivity contribution >= 4 is 35.0 Å². The first kappa shape index (κ1) is 22.5. The average molecular weight is 469 g/mol. The number of halogens is 2. The molecule has 1 aliphatic heterocycles. The molecule has 2 heterocycles. The van der Waals surface area contributed by atoms with Crippen LogP contribution in [0.25, 0.3) is 0 Å². The maximum Gasteiger partial charge on any atom is 0.408 e. The minimum atomic E-state index is -0.560. The molecule has 3 aromatic rings. The molecule has 9 heteroatoms. The molecule has 0 saturated heterocycles. The van der Waals surface area contributed by atoms with Crippen molar-refractivity contribution in [3.8, 4) is 0 Å². The monoisotopic (exact) mass is 468 g/mol. The van der Waals surface area contributed by atoms with Gasteiger partial charge >= 0.3 is 6.09 Å². The normalized spacial score (nSPS) is 14.9. The zero-order valence-corrected chi connectivity index (χ0v) is 18.6. The van der Waals surface area contributed by atoms with E-state index in [-0.39, 0.29) is 23.6 Å². The van der Waals surface area contributed by atoms with Gasteiger partial charge in [-0.15, -0.1) is 0 Å². The van der Waals surface area contributed by atoms with Crippen molar-refractivity contribution in [2.24, 2.45) is 0 Å². The van der Waals surface area contributed by atoms with Crippen LogP contribution in [0.15, 0.2) is 60.8 Å². The van der Waals surface area contributed by atoms with Crippen LogP contribution >= 0.6 is 11.6 Å². The number of alkyl carbamates (subject to hydrolysis) is 1. The highest BCUT2D eigenvalue weighted by Crippen LogP contribution is 2.36. The minimum Gasteiger partial charge on any atom is -0.443 e.